The van der Waals surface area contributed by atoms with Crippen molar-refractivity contribution in [1.82, 2.24) is 14.0 Å². The second-order valence-corrected chi connectivity index (χ2v) is 9.05. The number of primary sulfonamides is 1. The van der Waals surface area contributed by atoms with Gasteiger partial charge in [0.25, 0.3) is 5.56 Å². The largest absolute Gasteiger partial charge is 0.330 e. The molecule has 162 valence electrons. The molecule has 0 atom stereocenters. The lowest BCUT2D eigenvalue weighted by molar-refractivity contribution is -0.121. The summed E-state index contributed by atoms with van der Waals surface area (Å²) in [5, 5.41) is 7.87. The Morgan fingerprint density at radius 3 is 2.27 bits per heavy atom. The van der Waals surface area contributed by atoms with Gasteiger partial charge in [-0.25, -0.2) is 18.4 Å². The smallest absolute Gasteiger partial charge is 0.326 e. The van der Waals surface area contributed by atoms with E-state index in [4.69, 9.17) is 5.14 Å². The number of anilines is 1. The van der Waals surface area contributed by atoms with Crippen molar-refractivity contribution >= 4 is 21.6 Å². The molecule has 0 unspecified atom stereocenters. The van der Waals surface area contributed by atoms with Crippen LogP contribution in [0.4, 0.5) is 5.69 Å². The molecule has 0 spiro atoms. The van der Waals surface area contributed by atoms with E-state index in [1.165, 1.54) is 41.9 Å². The van der Waals surface area contributed by atoms with Gasteiger partial charge in [0, 0.05) is 44.0 Å². The van der Waals surface area contributed by atoms with Crippen molar-refractivity contribution in [1.29, 1.82) is 0 Å². The van der Waals surface area contributed by atoms with Gasteiger partial charge in [0.15, 0.2) is 0 Å². The van der Waals surface area contributed by atoms with Crippen molar-refractivity contribution in [3.8, 4) is 0 Å². The van der Waals surface area contributed by atoms with Crippen molar-refractivity contribution < 1.29 is 13.2 Å². The predicted octanol–water partition coefficient (Wildman–Crippen LogP) is -0.418. The number of hydrogen-bond acceptors (Lipinski definition) is 6. The molecular weight excluding hydrogens is 410 g/mol. The van der Waals surface area contributed by atoms with Gasteiger partial charge in [0.1, 0.15) is 0 Å². The fourth-order valence-electron chi connectivity index (χ4n) is 3.48. The number of sulfonamides is 1. The number of nitrogens with zero attached hydrogens (tertiary/aromatic N) is 3. The molecule has 1 saturated heterocycles. The highest BCUT2D eigenvalue weighted by Crippen LogP contribution is 2.21. The zero-order valence-corrected chi connectivity index (χ0v) is 17.7. The van der Waals surface area contributed by atoms with Crippen LogP contribution >= 0.6 is 0 Å². The van der Waals surface area contributed by atoms with Crippen LogP contribution in [0.2, 0.25) is 0 Å². The van der Waals surface area contributed by atoms with E-state index in [2.05, 4.69) is 10.2 Å². The molecule has 30 heavy (non-hydrogen) atoms. The maximum Gasteiger partial charge on any atom is 0.330 e. The molecule has 3 rings (SSSR count). The third kappa shape index (κ3) is 4.86. The Morgan fingerprint density at radius 1 is 1.10 bits per heavy atom. The summed E-state index contributed by atoms with van der Waals surface area (Å²) in [5.41, 5.74) is 0.446. The van der Waals surface area contributed by atoms with Gasteiger partial charge in [-0.15, -0.1) is 0 Å². The monoisotopic (exact) mass is 435 g/mol. The third-order valence-electron chi connectivity index (χ3n) is 5.42. The molecule has 1 aromatic carbocycles. The van der Waals surface area contributed by atoms with Crippen LogP contribution in [0.1, 0.15) is 18.5 Å². The third-order valence-corrected chi connectivity index (χ3v) is 6.35. The summed E-state index contributed by atoms with van der Waals surface area (Å²) >= 11 is 0. The molecule has 11 heteroatoms. The van der Waals surface area contributed by atoms with E-state index >= 15 is 0 Å². The summed E-state index contributed by atoms with van der Waals surface area (Å²) in [6.45, 7) is 1.78. The zero-order valence-electron chi connectivity index (χ0n) is 16.9. The average Bonchev–Trinajstić information content (AvgIpc) is 2.70. The molecule has 2 heterocycles. The Kier molecular flexibility index (Phi) is 6.25. The molecule has 0 bridgehead atoms. The van der Waals surface area contributed by atoms with Crippen LogP contribution in [0.3, 0.4) is 0 Å². The first-order valence-corrected chi connectivity index (χ1v) is 11.0. The van der Waals surface area contributed by atoms with Crippen LogP contribution in [0, 0.1) is 5.92 Å². The first-order chi connectivity index (χ1) is 14.1. The van der Waals surface area contributed by atoms with E-state index in [9.17, 15) is 22.8 Å². The highest BCUT2D eigenvalue weighted by atomic mass is 32.2. The van der Waals surface area contributed by atoms with Crippen LogP contribution in [-0.2, 0) is 35.5 Å². The molecule has 1 aliphatic heterocycles. The molecule has 2 aromatic rings. The minimum Gasteiger partial charge on any atom is -0.326 e. The van der Waals surface area contributed by atoms with Gasteiger partial charge in [-0.1, -0.05) is 0 Å². The van der Waals surface area contributed by atoms with E-state index in [0.717, 1.165) is 4.57 Å². The summed E-state index contributed by atoms with van der Waals surface area (Å²) in [7, 11) is -0.689. The van der Waals surface area contributed by atoms with E-state index < -0.39 is 10.0 Å². The van der Waals surface area contributed by atoms with Crippen molar-refractivity contribution in [3.05, 3.63) is 56.9 Å². The standard InChI is InChI=1S/C19H25N5O5S/c1-22-15(11-17(25)23(2)19(22)27)12-24-9-7-13(8-10-24)18(26)21-14-3-5-16(6-4-14)30(20,28)29/h3-6,11,13H,7-10,12H2,1-2H3,(H,21,26)(H2,20,28,29). The van der Waals surface area contributed by atoms with Crippen molar-refractivity contribution in [2.24, 2.45) is 25.2 Å². The minimum absolute atomic E-state index is 0.0149. The number of amides is 1. The van der Waals surface area contributed by atoms with Crippen molar-refractivity contribution in [2.45, 2.75) is 24.3 Å². The van der Waals surface area contributed by atoms with Crippen LogP contribution in [0.15, 0.2) is 44.8 Å². The van der Waals surface area contributed by atoms with Crippen LogP contribution in [0.25, 0.3) is 0 Å². The number of carbonyl (C=O) groups is 1. The van der Waals surface area contributed by atoms with E-state index in [-0.39, 0.29) is 28.0 Å². The van der Waals surface area contributed by atoms with Gasteiger partial charge in [-0.3, -0.25) is 23.6 Å². The SMILES string of the molecule is Cn1c(CN2CCC(C(=O)Nc3ccc(S(N)(=O)=O)cc3)CC2)cc(=O)n(C)c1=O. The number of likely N-dealkylation sites (tertiary alicyclic amines) is 1. The van der Waals surface area contributed by atoms with Crippen molar-refractivity contribution in [3.63, 3.8) is 0 Å². The summed E-state index contributed by atoms with van der Waals surface area (Å²) in [6, 6.07) is 7.17. The highest BCUT2D eigenvalue weighted by molar-refractivity contribution is 7.89. The fourth-order valence-corrected chi connectivity index (χ4v) is 4.00. The summed E-state index contributed by atoms with van der Waals surface area (Å²) in [5.74, 6) is -0.300. The number of rotatable bonds is 5. The first kappa shape index (κ1) is 21.9. The molecule has 0 aliphatic carbocycles. The Hall–Kier alpha value is -2.76. The number of aromatic nitrogens is 2. The summed E-state index contributed by atoms with van der Waals surface area (Å²) in [4.78, 5) is 38.6. The number of carbonyl (C=O) groups excluding carboxylic acids is 1. The maximum absolute atomic E-state index is 12.5. The van der Waals surface area contributed by atoms with Gasteiger partial charge in [-0.2, -0.15) is 0 Å². The number of nitrogens with one attached hydrogen (secondary N) is 1. The minimum atomic E-state index is -3.77. The molecule has 0 radical (unpaired) electrons. The zero-order chi connectivity index (χ0) is 22.1. The molecule has 1 fully saturated rings. The van der Waals surface area contributed by atoms with Gasteiger partial charge in [-0.05, 0) is 50.2 Å². The van der Waals surface area contributed by atoms with Crippen LogP contribution in [0.5, 0.6) is 0 Å². The van der Waals surface area contributed by atoms with Gasteiger partial charge in [0.05, 0.1) is 4.90 Å². The molecule has 1 amide bonds. The highest BCUT2D eigenvalue weighted by Gasteiger charge is 2.25. The molecule has 0 saturated carbocycles. The lowest BCUT2D eigenvalue weighted by atomic mass is 9.95. The van der Waals surface area contributed by atoms with Gasteiger partial charge >= 0.3 is 5.69 Å². The Labute approximate surface area is 174 Å². The van der Waals surface area contributed by atoms with E-state index in [1.807, 2.05) is 0 Å². The topological polar surface area (TPSA) is 136 Å². The molecular formula is C19H25N5O5S. The van der Waals surface area contributed by atoms with Crippen molar-refractivity contribution in [2.75, 3.05) is 18.4 Å². The van der Waals surface area contributed by atoms with Crippen LogP contribution in [-0.4, -0.2) is 41.4 Å². The van der Waals surface area contributed by atoms with E-state index in [0.29, 0.717) is 43.9 Å². The second-order valence-electron chi connectivity index (χ2n) is 7.48. The number of benzene rings is 1. The van der Waals surface area contributed by atoms with E-state index in [1.54, 1.807) is 7.05 Å². The van der Waals surface area contributed by atoms with Gasteiger partial charge in [0.2, 0.25) is 15.9 Å². The molecule has 10 nitrogen and oxygen atoms in total. The second kappa shape index (κ2) is 8.54. The predicted molar refractivity (Wildman–Crippen MR) is 111 cm³/mol. The van der Waals surface area contributed by atoms with Crippen LogP contribution < -0.4 is 21.7 Å². The lowest BCUT2D eigenvalue weighted by Gasteiger charge is -2.31. The fraction of sp³-hybridized carbons (Fsp3) is 0.421. The summed E-state index contributed by atoms with van der Waals surface area (Å²) in [6.07, 6.45) is 1.28. The number of piperidine rings is 1. The molecule has 1 aromatic heterocycles. The lowest BCUT2D eigenvalue weighted by Crippen LogP contribution is -2.42. The quantitative estimate of drug-likeness (QED) is 0.655. The Bertz CT molecular complexity index is 1160. The summed E-state index contributed by atoms with van der Waals surface area (Å²) < 4.78 is 25.1. The van der Waals surface area contributed by atoms with Gasteiger partial charge < -0.3 is 5.32 Å². The first-order valence-electron chi connectivity index (χ1n) is 9.48. The number of hydrogen-bond donors (Lipinski definition) is 2. The molecule has 1 aliphatic rings. The normalized spacial score (nSPS) is 15.8. The number of nitrogens with two attached hydrogens (primary N) is 1. The average molecular weight is 436 g/mol. The Morgan fingerprint density at radius 2 is 1.70 bits per heavy atom. The Balaban J connectivity index is 1.57. The molecule has 3 N–H and O–H groups in total. The maximum atomic E-state index is 12.5.